The lowest BCUT2D eigenvalue weighted by atomic mass is 10.3. The summed E-state index contributed by atoms with van der Waals surface area (Å²) in [6.45, 7) is 3.46. The number of hydrogen-bond acceptors (Lipinski definition) is 3. The monoisotopic (exact) mass is 249 g/mol. The highest BCUT2D eigenvalue weighted by Gasteiger charge is 2.29. The Balaban J connectivity index is 2.34. The second-order valence-corrected chi connectivity index (χ2v) is 5.99. The van der Waals surface area contributed by atoms with Crippen LogP contribution in [0.2, 0.25) is 0 Å². The van der Waals surface area contributed by atoms with Gasteiger partial charge in [-0.3, -0.25) is 0 Å². The van der Waals surface area contributed by atoms with Crippen molar-refractivity contribution < 1.29 is 13.2 Å². The Hall–Kier alpha value is -0.820. The molecule has 0 aromatic rings. The van der Waals surface area contributed by atoms with Gasteiger partial charge >= 0.3 is 6.03 Å². The lowest BCUT2D eigenvalue weighted by Crippen LogP contribution is -2.43. The molecule has 1 fully saturated rings. The van der Waals surface area contributed by atoms with Gasteiger partial charge in [0.15, 0.2) is 0 Å². The average Bonchev–Trinajstić information content (AvgIpc) is 2.62. The Morgan fingerprint density at radius 3 is 2.69 bits per heavy atom. The molecule has 1 unspecified atom stereocenters. The Morgan fingerprint density at radius 1 is 1.50 bits per heavy atom. The zero-order chi connectivity index (χ0) is 12.2. The largest absolute Gasteiger partial charge is 0.338 e. The lowest BCUT2D eigenvalue weighted by Gasteiger charge is -2.14. The zero-order valence-electron chi connectivity index (χ0n) is 9.69. The number of urea groups is 1. The van der Waals surface area contributed by atoms with Crippen molar-refractivity contribution >= 4 is 16.1 Å². The normalized spacial score (nSPS) is 22.0. The van der Waals surface area contributed by atoms with E-state index in [0.717, 1.165) is 6.42 Å². The predicted octanol–water partition coefficient (Wildman–Crippen LogP) is -0.270. The van der Waals surface area contributed by atoms with Gasteiger partial charge in [-0.25, -0.2) is 17.5 Å². The maximum Gasteiger partial charge on any atom is 0.315 e. The van der Waals surface area contributed by atoms with E-state index in [2.05, 4.69) is 10.6 Å². The molecule has 1 atom stereocenters. The summed E-state index contributed by atoms with van der Waals surface area (Å²) in [4.78, 5) is 11.3. The van der Waals surface area contributed by atoms with Gasteiger partial charge in [0.1, 0.15) is 0 Å². The SMILES string of the molecule is CCCNC(=O)NC1CCN(S(C)(=O)=O)C1. The number of carbonyl (C=O) groups is 1. The Labute approximate surface area is 96.4 Å². The number of sulfonamides is 1. The van der Waals surface area contributed by atoms with Gasteiger partial charge in [0, 0.05) is 25.7 Å². The van der Waals surface area contributed by atoms with Crippen LogP contribution >= 0.6 is 0 Å². The van der Waals surface area contributed by atoms with Gasteiger partial charge < -0.3 is 10.6 Å². The minimum absolute atomic E-state index is 0.0772. The number of rotatable bonds is 4. The highest BCUT2D eigenvalue weighted by Crippen LogP contribution is 2.12. The minimum atomic E-state index is -3.13. The third kappa shape index (κ3) is 3.97. The lowest BCUT2D eigenvalue weighted by molar-refractivity contribution is 0.237. The molecule has 0 bridgehead atoms. The maximum atomic E-state index is 11.3. The fourth-order valence-electron chi connectivity index (χ4n) is 1.62. The quantitative estimate of drug-likeness (QED) is 0.720. The summed E-state index contributed by atoms with van der Waals surface area (Å²) in [5.74, 6) is 0. The van der Waals surface area contributed by atoms with Crippen molar-refractivity contribution in [2.75, 3.05) is 25.9 Å². The molecule has 0 saturated carbocycles. The molecule has 7 heteroatoms. The number of carbonyl (C=O) groups excluding carboxylic acids is 1. The van der Waals surface area contributed by atoms with Crippen LogP contribution in [0.5, 0.6) is 0 Å². The van der Waals surface area contributed by atoms with E-state index in [1.54, 1.807) is 0 Å². The van der Waals surface area contributed by atoms with E-state index in [1.807, 2.05) is 6.92 Å². The summed E-state index contributed by atoms with van der Waals surface area (Å²) < 4.78 is 23.9. The fraction of sp³-hybridized carbons (Fsp3) is 0.889. The van der Waals surface area contributed by atoms with Crippen molar-refractivity contribution in [3.63, 3.8) is 0 Å². The maximum absolute atomic E-state index is 11.3. The molecule has 0 aromatic heterocycles. The minimum Gasteiger partial charge on any atom is -0.338 e. The predicted molar refractivity (Wildman–Crippen MR) is 61.6 cm³/mol. The van der Waals surface area contributed by atoms with E-state index in [4.69, 9.17) is 0 Å². The van der Waals surface area contributed by atoms with Crippen LogP contribution < -0.4 is 10.6 Å². The van der Waals surface area contributed by atoms with Gasteiger partial charge in [0.25, 0.3) is 0 Å². The van der Waals surface area contributed by atoms with Gasteiger partial charge in [-0.15, -0.1) is 0 Å². The molecule has 94 valence electrons. The third-order valence-corrected chi connectivity index (χ3v) is 3.76. The van der Waals surface area contributed by atoms with Crippen molar-refractivity contribution in [1.29, 1.82) is 0 Å². The van der Waals surface area contributed by atoms with Gasteiger partial charge in [0.2, 0.25) is 10.0 Å². The number of amides is 2. The van der Waals surface area contributed by atoms with E-state index in [1.165, 1.54) is 10.6 Å². The fourth-order valence-corrected chi connectivity index (χ4v) is 2.51. The molecular weight excluding hydrogens is 230 g/mol. The average molecular weight is 249 g/mol. The van der Waals surface area contributed by atoms with Crippen LogP contribution in [0.4, 0.5) is 4.79 Å². The summed E-state index contributed by atoms with van der Waals surface area (Å²) in [6, 6.07) is -0.297. The second-order valence-electron chi connectivity index (χ2n) is 4.01. The highest BCUT2D eigenvalue weighted by molar-refractivity contribution is 7.88. The molecule has 1 heterocycles. The van der Waals surface area contributed by atoms with Crippen molar-refractivity contribution in [3.8, 4) is 0 Å². The molecule has 2 N–H and O–H groups in total. The van der Waals surface area contributed by atoms with Crippen molar-refractivity contribution in [1.82, 2.24) is 14.9 Å². The molecule has 0 radical (unpaired) electrons. The van der Waals surface area contributed by atoms with E-state index >= 15 is 0 Å². The molecule has 0 aliphatic carbocycles. The standard InChI is InChI=1S/C9H19N3O3S/c1-3-5-10-9(13)11-8-4-6-12(7-8)16(2,14)15/h8H,3-7H2,1-2H3,(H2,10,11,13). The summed E-state index contributed by atoms with van der Waals surface area (Å²) >= 11 is 0. The first kappa shape index (κ1) is 13.2. The summed E-state index contributed by atoms with van der Waals surface area (Å²) in [7, 11) is -3.13. The van der Waals surface area contributed by atoms with Crippen LogP contribution in [0.1, 0.15) is 19.8 Å². The van der Waals surface area contributed by atoms with Crippen LogP contribution in [0.3, 0.4) is 0 Å². The second kappa shape index (κ2) is 5.49. The smallest absolute Gasteiger partial charge is 0.315 e. The first-order valence-electron chi connectivity index (χ1n) is 5.43. The van der Waals surface area contributed by atoms with E-state index < -0.39 is 10.0 Å². The van der Waals surface area contributed by atoms with E-state index in [9.17, 15) is 13.2 Å². The van der Waals surface area contributed by atoms with Crippen LogP contribution in [-0.4, -0.2) is 50.7 Å². The van der Waals surface area contributed by atoms with Crippen molar-refractivity contribution in [2.24, 2.45) is 0 Å². The van der Waals surface area contributed by atoms with Crippen LogP contribution in [0, 0.1) is 0 Å². The van der Waals surface area contributed by atoms with E-state index in [0.29, 0.717) is 26.1 Å². The van der Waals surface area contributed by atoms with Crippen LogP contribution in [0.15, 0.2) is 0 Å². The Morgan fingerprint density at radius 2 is 2.19 bits per heavy atom. The Bertz CT molecular complexity index is 342. The van der Waals surface area contributed by atoms with E-state index in [-0.39, 0.29) is 12.1 Å². The molecule has 1 aliphatic rings. The molecule has 1 aliphatic heterocycles. The molecule has 1 rings (SSSR count). The molecular formula is C9H19N3O3S. The summed E-state index contributed by atoms with van der Waals surface area (Å²) in [5.41, 5.74) is 0. The first-order valence-corrected chi connectivity index (χ1v) is 7.27. The molecule has 16 heavy (non-hydrogen) atoms. The molecule has 2 amide bonds. The number of nitrogens with one attached hydrogen (secondary N) is 2. The highest BCUT2D eigenvalue weighted by atomic mass is 32.2. The van der Waals surface area contributed by atoms with Gasteiger partial charge in [-0.05, 0) is 12.8 Å². The first-order chi connectivity index (χ1) is 7.43. The third-order valence-electron chi connectivity index (χ3n) is 2.49. The number of nitrogens with zero attached hydrogens (tertiary/aromatic N) is 1. The zero-order valence-corrected chi connectivity index (χ0v) is 10.5. The van der Waals surface area contributed by atoms with Crippen LogP contribution in [0.25, 0.3) is 0 Å². The molecule has 1 saturated heterocycles. The van der Waals surface area contributed by atoms with Crippen molar-refractivity contribution in [3.05, 3.63) is 0 Å². The van der Waals surface area contributed by atoms with Crippen LogP contribution in [-0.2, 0) is 10.0 Å². The summed E-state index contributed by atoms with van der Waals surface area (Å²) in [6.07, 6.45) is 2.74. The molecule has 6 nitrogen and oxygen atoms in total. The summed E-state index contributed by atoms with van der Waals surface area (Å²) in [5, 5.41) is 5.45. The Kier molecular flexibility index (Phi) is 4.55. The van der Waals surface area contributed by atoms with Gasteiger partial charge in [0.05, 0.1) is 6.26 Å². The topological polar surface area (TPSA) is 78.5 Å². The number of hydrogen-bond donors (Lipinski definition) is 2. The molecule has 0 aromatic carbocycles. The van der Waals surface area contributed by atoms with Gasteiger partial charge in [-0.2, -0.15) is 0 Å². The van der Waals surface area contributed by atoms with Gasteiger partial charge in [-0.1, -0.05) is 6.92 Å². The van der Waals surface area contributed by atoms with Crippen molar-refractivity contribution in [2.45, 2.75) is 25.8 Å². The molecule has 0 spiro atoms.